The van der Waals surface area contributed by atoms with Crippen molar-refractivity contribution < 1.29 is 23.9 Å². The van der Waals surface area contributed by atoms with Crippen LogP contribution in [0.25, 0.3) is 0 Å². The maximum atomic E-state index is 13.0. The average Bonchev–Trinajstić information content (AvgIpc) is 2.94. The van der Waals surface area contributed by atoms with E-state index in [1.807, 2.05) is 4.90 Å². The highest BCUT2D eigenvalue weighted by atomic mass is 16.5. The van der Waals surface area contributed by atoms with Crippen molar-refractivity contribution in [2.24, 2.45) is 11.8 Å². The summed E-state index contributed by atoms with van der Waals surface area (Å²) in [5.41, 5.74) is 0. The Hall–Kier alpha value is -2.16. The van der Waals surface area contributed by atoms with Crippen molar-refractivity contribution in [1.82, 2.24) is 20.4 Å². The first-order valence-electron chi connectivity index (χ1n) is 9.18. The fourth-order valence-electron chi connectivity index (χ4n) is 4.53. The van der Waals surface area contributed by atoms with E-state index in [1.165, 1.54) is 0 Å². The van der Waals surface area contributed by atoms with Crippen LogP contribution in [0.1, 0.15) is 25.7 Å². The molecular formula is C17H24N4O5. The monoisotopic (exact) mass is 364 g/mol. The maximum Gasteiger partial charge on any atom is 0.322 e. The maximum absolute atomic E-state index is 13.0. The predicted octanol–water partition coefficient (Wildman–Crippen LogP) is -0.931. The van der Waals surface area contributed by atoms with Crippen LogP contribution < -0.4 is 10.6 Å². The molecule has 0 aromatic rings. The van der Waals surface area contributed by atoms with Gasteiger partial charge in [-0.1, -0.05) is 0 Å². The molecule has 9 heteroatoms. The number of likely N-dealkylation sites (tertiary alicyclic amines) is 2. The number of carbonyl (C=O) groups is 4. The standard InChI is InChI=1S/C17H24N4O5/c1-26-8-9-2-3-20(7-9)16(24)13-5-10-4-12(10)21(13)14(22)6-11-15(23)19-17(25)18-11/h9-13H,2-8H2,1H3,(H2,18,19,23,25)/t9-,10+,11-,12+,13+/m1/s1. The number of piperidine rings is 1. The third kappa shape index (κ3) is 3.04. The zero-order valence-corrected chi connectivity index (χ0v) is 14.8. The summed E-state index contributed by atoms with van der Waals surface area (Å²) in [6, 6.07) is -1.75. The van der Waals surface area contributed by atoms with Crippen LogP contribution in [0.3, 0.4) is 0 Å². The SMILES string of the molecule is COC[C@@H]1CCN(C(=O)[C@@H]2C[C@@H]3C[C@@H]3N2C(=O)C[C@H]2NC(=O)NC2=O)C1. The highest BCUT2D eigenvalue weighted by Gasteiger charge is 2.57. The van der Waals surface area contributed by atoms with Crippen LogP contribution in [-0.2, 0) is 19.1 Å². The van der Waals surface area contributed by atoms with Crippen molar-refractivity contribution in [1.29, 1.82) is 0 Å². The van der Waals surface area contributed by atoms with Gasteiger partial charge in [-0.25, -0.2) is 4.79 Å². The Morgan fingerprint density at radius 1 is 1.27 bits per heavy atom. The summed E-state index contributed by atoms with van der Waals surface area (Å²) >= 11 is 0. The van der Waals surface area contributed by atoms with Crippen LogP contribution in [0.15, 0.2) is 0 Å². The summed E-state index contributed by atoms with van der Waals surface area (Å²) in [5.74, 6) is 0.0193. The molecule has 0 radical (unpaired) electrons. The number of nitrogens with one attached hydrogen (secondary N) is 2. The van der Waals surface area contributed by atoms with Crippen molar-refractivity contribution in [3.8, 4) is 0 Å². The Balaban J connectivity index is 1.40. The summed E-state index contributed by atoms with van der Waals surface area (Å²) in [4.78, 5) is 52.2. The van der Waals surface area contributed by atoms with E-state index >= 15 is 0 Å². The van der Waals surface area contributed by atoms with Gasteiger partial charge in [-0.15, -0.1) is 0 Å². The van der Waals surface area contributed by atoms with Gasteiger partial charge in [0.15, 0.2) is 0 Å². The Labute approximate surface area is 151 Å². The second kappa shape index (κ2) is 6.53. The number of carbonyl (C=O) groups excluding carboxylic acids is 4. The molecule has 3 saturated heterocycles. The van der Waals surface area contributed by atoms with Crippen molar-refractivity contribution in [3.05, 3.63) is 0 Å². The molecule has 3 aliphatic heterocycles. The molecule has 0 unspecified atom stereocenters. The van der Waals surface area contributed by atoms with E-state index in [2.05, 4.69) is 10.6 Å². The van der Waals surface area contributed by atoms with E-state index < -0.39 is 24.0 Å². The number of hydrogen-bond donors (Lipinski definition) is 2. The van der Waals surface area contributed by atoms with Crippen LogP contribution in [-0.4, -0.2) is 78.5 Å². The van der Waals surface area contributed by atoms with Gasteiger partial charge in [0, 0.05) is 32.2 Å². The second-order valence-electron chi connectivity index (χ2n) is 7.73. The van der Waals surface area contributed by atoms with E-state index in [9.17, 15) is 19.2 Å². The molecule has 5 amide bonds. The molecule has 2 N–H and O–H groups in total. The van der Waals surface area contributed by atoms with Gasteiger partial charge in [-0.3, -0.25) is 19.7 Å². The van der Waals surface area contributed by atoms with Crippen LogP contribution >= 0.6 is 0 Å². The van der Waals surface area contributed by atoms with Crippen LogP contribution in [0, 0.1) is 11.8 Å². The summed E-state index contributed by atoms with van der Waals surface area (Å²) in [5, 5.41) is 4.58. The van der Waals surface area contributed by atoms with Gasteiger partial charge in [0.2, 0.25) is 11.8 Å². The number of methoxy groups -OCH3 is 1. The molecule has 26 heavy (non-hydrogen) atoms. The number of imide groups is 1. The molecule has 3 heterocycles. The smallest absolute Gasteiger partial charge is 0.322 e. The Bertz CT molecular complexity index is 653. The number of fused-ring (bicyclic) bond motifs is 1. The van der Waals surface area contributed by atoms with Gasteiger partial charge in [0.05, 0.1) is 13.0 Å². The van der Waals surface area contributed by atoms with Gasteiger partial charge in [-0.05, 0) is 25.2 Å². The second-order valence-corrected chi connectivity index (χ2v) is 7.73. The molecule has 142 valence electrons. The average molecular weight is 364 g/mol. The summed E-state index contributed by atoms with van der Waals surface area (Å²) in [7, 11) is 1.66. The first-order valence-corrected chi connectivity index (χ1v) is 9.18. The minimum Gasteiger partial charge on any atom is -0.384 e. The van der Waals surface area contributed by atoms with Crippen LogP contribution in [0.2, 0.25) is 0 Å². The predicted molar refractivity (Wildman–Crippen MR) is 88.8 cm³/mol. The summed E-state index contributed by atoms with van der Waals surface area (Å²) in [6.45, 7) is 2.00. The molecule has 1 saturated carbocycles. The lowest BCUT2D eigenvalue weighted by Gasteiger charge is -2.30. The number of hydrogen-bond acceptors (Lipinski definition) is 5. The molecule has 0 spiro atoms. The normalized spacial score (nSPS) is 35.3. The lowest BCUT2D eigenvalue weighted by atomic mass is 10.1. The number of nitrogens with zero attached hydrogens (tertiary/aromatic N) is 2. The first kappa shape index (κ1) is 17.3. The minimum absolute atomic E-state index is 0.00376. The number of rotatable bonds is 5. The summed E-state index contributed by atoms with van der Waals surface area (Å²) < 4.78 is 5.18. The van der Waals surface area contributed by atoms with E-state index in [0.717, 1.165) is 12.8 Å². The third-order valence-electron chi connectivity index (χ3n) is 5.91. The summed E-state index contributed by atoms with van der Waals surface area (Å²) in [6.07, 6.45) is 2.44. The lowest BCUT2D eigenvalue weighted by Crippen LogP contribution is -2.50. The highest BCUT2D eigenvalue weighted by molar-refractivity contribution is 6.06. The molecule has 0 aromatic carbocycles. The minimum atomic E-state index is -0.846. The van der Waals surface area contributed by atoms with Gasteiger partial charge >= 0.3 is 6.03 Å². The van der Waals surface area contributed by atoms with E-state index in [-0.39, 0.29) is 24.3 Å². The fraction of sp³-hybridized carbons (Fsp3) is 0.765. The number of urea groups is 1. The van der Waals surface area contributed by atoms with Crippen molar-refractivity contribution in [2.75, 3.05) is 26.8 Å². The molecule has 0 aromatic heterocycles. The van der Waals surface area contributed by atoms with Crippen LogP contribution in [0.5, 0.6) is 0 Å². The molecule has 1 aliphatic carbocycles. The van der Waals surface area contributed by atoms with Gasteiger partial charge in [0.1, 0.15) is 12.1 Å². The lowest BCUT2D eigenvalue weighted by molar-refractivity contribution is -0.145. The molecular weight excluding hydrogens is 340 g/mol. The van der Waals surface area contributed by atoms with Gasteiger partial charge < -0.3 is 19.9 Å². The fourth-order valence-corrected chi connectivity index (χ4v) is 4.53. The van der Waals surface area contributed by atoms with Crippen molar-refractivity contribution in [3.63, 3.8) is 0 Å². The van der Waals surface area contributed by atoms with Gasteiger partial charge in [0.25, 0.3) is 5.91 Å². The molecule has 4 rings (SSSR count). The molecule has 4 fully saturated rings. The van der Waals surface area contributed by atoms with E-state index in [1.54, 1.807) is 12.0 Å². The van der Waals surface area contributed by atoms with E-state index in [4.69, 9.17) is 4.74 Å². The topological polar surface area (TPSA) is 108 Å². The molecule has 9 nitrogen and oxygen atoms in total. The first-order chi connectivity index (χ1) is 12.5. The Morgan fingerprint density at radius 2 is 2.08 bits per heavy atom. The van der Waals surface area contributed by atoms with E-state index in [0.29, 0.717) is 38.0 Å². The zero-order chi connectivity index (χ0) is 18.4. The largest absolute Gasteiger partial charge is 0.384 e. The Morgan fingerprint density at radius 3 is 2.77 bits per heavy atom. The van der Waals surface area contributed by atoms with Crippen LogP contribution in [0.4, 0.5) is 4.79 Å². The van der Waals surface area contributed by atoms with Gasteiger partial charge in [-0.2, -0.15) is 0 Å². The zero-order valence-electron chi connectivity index (χ0n) is 14.8. The number of ether oxygens (including phenoxy) is 1. The molecule has 0 bridgehead atoms. The molecule has 4 aliphatic rings. The number of amides is 5. The molecule has 5 atom stereocenters. The van der Waals surface area contributed by atoms with Crippen molar-refractivity contribution in [2.45, 2.75) is 43.8 Å². The Kier molecular flexibility index (Phi) is 4.34. The quantitative estimate of drug-likeness (QED) is 0.613. The van der Waals surface area contributed by atoms with Crippen molar-refractivity contribution >= 4 is 23.8 Å². The highest BCUT2D eigenvalue weighted by Crippen LogP contribution is 2.48. The third-order valence-corrected chi connectivity index (χ3v) is 5.91.